The van der Waals surface area contributed by atoms with Crippen molar-refractivity contribution >= 4 is 114 Å². The Morgan fingerprint density at radius 1 is 0.242 bits per heavy atom. The molecule has 6 aromatic heterocycles. The number of sulfone groups is 2. The summed E-state index contributed by atoms with van der Waals surface area (Å²) in [5, 5.41) is 6.98. The highest BCUT2D eigenvalue weighted by Gasteiger charge is 2.57. The number of aryl methyl sites for hydroxylation is 2. The number of thioether (sulfide) groups is 8. The molecular weight excluding hydrogens is 1680 g/mol. The Morgan fingerprint density at radius 3 is 0.700 bits per heavy atom. The summed E-state index contributed by atoms with van der Waals surface area (Å²) in [6, 6.07) is 76.4. The standard InChI is InChI=1S/2C32H36N4S4.C30H32N4O4S2/c2*1-5-37-25-19-23(33-31(35-25)39-7-3)29-27(21-15-11-9-12-16-21)30(28(29)22-17-13-10-14-18-22)24-20-26(38-6-2)36-32(34-24)40-8-4;1-5-21-17-22(32-24(6-2)31-21)28-26(19-13-9-7-10-14-19)29(27(28)20-15-11-8-12-16-20)23-18-25(39(3,35)36)34-30(33-23)40(4,37)38/h2*9-20,27-30H,5-8H2,1-4H3;7-18,26-29H,5-6H2,1-4H3/t;;26-,27-,28?,29?/m..1/s1. The second-order valence-corrected chi connectivity index (χ2v) is 43.2. The maximum absolute atomic E-state index is 12.6. The van der Waals surface area contributed by atoms with Gasteiger partial charge in [0.2, 0.25) is 15.0 Å². The molecule has 0 spiro atoms. The maximum atomic E-state index is 12.6. The van der Waals surface area contributed by atoms with Crippen LogP contribution in [0.4, 0.5) is 0 Å². The van der Waals surface area contributed by atoms with Crippen LogP contribution in [0.5, 0.6) is 0 Å². The van der Waals surface area contributed by atoms with Crippen LogP contribution in [-0.4, -0.2) is 135 Å². The van der Waals surface area contributed by atoms with Gasteiger partial charge in [-0.2, -0.15) is 0 Å². The van der Waals surface area contributed by atoms with E-state index < -0.39 is 24.8 Å². The third-order valence-corrected chi connectivity index (χ3v) is 29.7. The number of hydrogen-bond donors (Lipinski definition) is 0. The summed E-state index contributed by atoms with van der Waals surface area (Å²) < 4.78 is 50.4. The monoisotopic (exact) mass is 1780 g/mol. The first kappa shape index (κ1) is 90.2. The Labute approximate surface area is 743 Å². The fourth-order valence-corrected chi connectivity index (χ4v) is 23.4. The molecule has 0 amide bonds. The number of rotatable bonds is 32. The van der Waals surface area contributed by atoms with Crippen molar-refractivity contribution in [1.82, 2.24) is 59.8 Å². The predicted molar refractivity (Wildman–Crippen MR) is 500 cm³/mol. The van der Waals surface area contributed by atoms with Crippen molar-refractivity contribution < 1.29 is 16.8 Å². The van der Waals surface area contributed by atoms with Gasteiger partial charge in [0.05, 0.1) is 28.5 Å². The van der Waals surface area contributed by atoms with Crippen molar-refractivity contribution in [1.29, 1.82) is 0 Å². The van der Waals surface area contributed by atoms with Gasteiger partial charge in [0.1, 0.15) is 25.9 Å². The largest absolute Gasteiger partial charge is 0.248 e. The van der Waals surface area contributed by atoms with E-state index in [1.54, 1.807) is 94.1 Å². The molecule has 15 rings (SSSR count). The van der Waals surface area contributed by atoms with Crippen LogP contribution in [-0.2, 0) is 32.5 Å². The van der Waals surface area contributed by atoms with Crippen molar-refractivity contribution in [2.75, 3.05) is 58.5 Å². The van der Waals surface area contributed by atoms with Gasteiger partial charge in [-0.3, -0.25) is 0 Å². The summed E-state index contributed by atoms with van der Waals surface area (Å²) in [4.78, 5) is 58.4. The summed E-state index contributed by atoms with van der Waals surface area (Å²) in [6.07, 6.45) is 3.48. The molecule has 120 heavy (non-hydrogen) atoms. The second kappa shape index (κ2) is 42.7. The smallest absolute Gasteiger partial charge is 0.238 e. The van der Waals surface area contributed by atoms with E-state index in [-0.39, 0.29) is 76.0 Å². The molecule has 2 atom stereocenters. The molecule has 3 fully saturated rings. The van der Waals surface area contributed by atoms with Crippen LogP contribution in [0.1, 0.15) is 219 Å². The van der Waals surface area contributed by atoms with Gasteiger partial charge in [-0.15, -0.1) is 47.0 Å². The third kappa shape index (κ3) is 21.5. The summed E-state index contributed by atoms with van der Waals surface area (Å²) >= 11 is 14.1. The van der Waals surface area contributed by atoms with E-state index in [0.29, 0.717) is 12.1 Å². The quantitative estimate of drug-likeness (QED) is 0.0217. The molecule has 0 saturated heterocycles. The van der Waals surface area contributed by atoms with Crippen molar-refractivity contribution in [3.8, 4) is 0 Å². The van der Waals surface area contributed by atoms with E-state index in [1.807, 2.05) is 67.6 Å². The summed E-state index contributed by atoms with van der Waals surface area (Å²) in [7, 11) is -7.69. The molecule has 3 aliphatic carbocycles. The summed E-state index contributed by atoms with van der Waals surface area (Å²) in [5.74, 6) is 9.66. The normalized spacial score (nSPS) is 20.6. The Kier molecular flexibility index (Phi) is 32.1. The van der Waals surface area contributed by atoms with Gasteiger partial charge in [-0.1, -0.05) is 298 Å². The average molecular weight is 1790 g/mol. The molecule has 16 nitrogen and oxygen atoms in total. The SMILES string of the molecule is CCSc1cc(C2C(c3ccccc3)C(c3cc(SCC)nc(SCC)n3)C2c2ccccc2)nc(SCC)n1.CCSc1cc(C2C(c3ccccc3)C(c3cc(SCC)nc(SCC)n3)C2c2ccccc2)nc(SCC)n1.CCc1cc(C2[C@@H](c3ccccc3)C(c3cc(S(C)(=O)=O)nc(S(C)(=O)=O)n3)[C@@H]2c2ccccc2)nc(CC)n1. The van der Waals surface area contributed by atoms with Gasteiger partial charge < -0.3 is 0 Å². The maximum Gasteiger partial charge on any atom is 0.248 e. The molecule has 0 bridgehead atoms. The zero-order valence-corrected chi connectivity index (χ0v) is 78.0. The minimum atomic E-state index is -3.88. The van der Waals surface area contributed by atoms with Gasteiger partial charge in [0.15, 0.2) is 35.5 Å². The van der Waals surface area contributed by atoms with Crippen LogP contribution in [0.25, 0.3) is 0 Å². The fourth-order valence-electron chi connectivity index (χ4n) is 17.1. The molecule has 0 aliphatic heterocycles. The molecule has 26 heteroatoms. The molecular formula is C94H104N12O4S10. The average Bonchev–Trinajstić information content (AvgIpc) is 0.725. The van der Waals surface area contributed by atoms with Crippen LogP contribution in [0.2, 0.25) is 0 Å². The highest BCUT2D eigenvalue weighted by molar-refractivity contribution is 8.01. The lowest BCUT2D eigenvalue weighted by atomic mass is 9.50. The predicted octanol–water partition coefficient (Wildman–Crippen LogP) is 23.0. The first-order valence-corrected chi connectivity index (χ1v) is 53.0. The summed E-state index contributed by atoms with van der Waals surface area (Å²) in [6.45, 7) is 21.5. The Hall–Kier alpha value is -7.50. The second-order valence-electron chi connectivity index (χ2n) is 29.3. The van der Waals surface area contributed by atoms with E-state index >= 15 is 0 Å². The Balaban J connectivity index is 0.000000156. The number of nitrogens with zero attached hydrogens (tertiary/aromatic N) is 12. The topological polar surface area (TPSA) is 223 Å². The van der Waals surface area contributed by atoms with E-state index in [0.717, 1.165) is 157 Å². The van der Waals surface area contributed by atoms with Crippen molar-refractivity contribution in [3.63, 3.8) is 0 Å². The van der Waals surface area contributed by atoms with Gasteiger partial charge in [-0.25, -0.2) is 76.6 Å². The lowest BCUT2D eigenvalue weighted by molar-refractivity contribution is 0.217. The minimum absolute atomic E-state index is 0.0771. The van der Waals surface area contributed by atoms with E-state index in [4.69, 9.17) is 49.8 Å². The van der Waals surface area contributed by atoms with Gasteiger partial charge in [0.25, 0.3) is 0 Å². The molecule has 3 aliphatic rings. The minimum Gasteiger partial charge on any atom is -0.238 e. The van der Waals surface area contributed by atoms with Crippen molar-refractivity contribution in [3.05, 3.63) is 297 Å². The van der Waals surface area contributed by atoms with Crippen LogP contribution < -0.4 is 0 Å². The lowest BCUT2D eigenvalue weighted by Crippen LogP contribution is -2.41. The van der Waals surface area contributed by atoms with Crippen LogP contribution in [0.3, 0.4) is 0 Å². The first-order valence-electron chi connectivity index (χ1n) is 41.4. The van der Waals surface area contributed by atoms with Gasteiger partial charge in [0, 0.05) is 101 Å². The molecule has 624 valence electrons. The zero-order chi connectivity index (χ0) is 84.5. The Morgan fingerprint density at radius 2 is 0.483 bits per heavy atom. The molecule has 3 saturated carbocycles. The number of hydrogen-bond acceptors (Lipinski definition) is 24. The van der Waals surface area contributed by atoms with Gasteiger partial charge in [-0.05, 0) is 122 Å². The molecule has 12 aromatic rings. The van der Waals surface area contributed by atoms with Crippen molar-refractivity contribution in [2.45, 2.75) is 204 Å². The number of benzene rings is 6. The van der Waals surface area contributed by atoms with E-state index in [2.05, 4.69) is 224 Å². The van der Waals surface area contributed by atoms with Crippen LogP contribution in [0.15, 0.2) is 269 Å². The molecule has 0 unspecified atom stereocenters. The Bertz CT molecular complexity index is 4950. The fraction of sp³-hybridized carbons (Fsp3) is 0.362. The highest BCUT2D eigenvalue weighted by Crippen LogP contribution is 2.69. The van der Waals surface area contributed by atoms with Crippen molar-refractivity contribution in [2.24, 2.45) is 0 Å². The highest BCUT2D eigenvalue weighted by atomic mass is 32.2. The van der Waals surface area contributed by atoms with E-state index in [9.17, 15) is 16.8 Å². The van der Waals surface area contributed by atoms with Gasteiger partial charge >= 0.3 is 0 Å². The van der Waals surface area contributed by atoms with Crippen LogP contribution >= 0.6 is 94.1 Å². The first-order chi connectivity index (χ1) is 58.3. The zero-order valence-electron chi connectivity index (χ0n) is 69.9. The third-order valence-electron chi connectivity index (χ3n) is 21.8. The number of aromatic nitrogens is 12. The summed E-state index contributed by atoms with van der Waals surface area (Å²) in [5.41, 5.74) is 14.3. The molecule has 0 N–H and O–H groups in total. The molecule has 6 aromatic carbocycles. The lowest BCUT2D eigenvalue weighted by Gasteiger charge is -2.52. The van der Waals surface area contributed by atoms with E-state index in [1.165, 1.54) is 28.3 Å². The van der Waals surface area contributed by atoms with Crippen LogP contribution in [0, 0.1) is 0 Å². The molecule has 0 radical (unpaired) electrons. The molecule has 6 heterocycles.